The average molecular weight is 157 g/mol. The molecule has 0 heterocycles. The molecule has 1 atom stereocenters. The number of rotatable bonds is 3. The minimum absolute atomic E-state index is 0.629. The van der Waals surface area contributed by atoms with Gasteiger partial charge in [0.1, 0.15) is 0 Å². The lowest BCUT2D eigenvalue weighted by molar-refractivity contribution is 0.594. The fourth-order valence-electron chi connectivity index (χ4n) is 0.616. The molecule has 1 N–H and O–H groups in total. The summed E-state index contributed by atoms with van der Waals surface area (Å²) >= 11 is 0. The molecule has 10 heavy (non-hydrogen) atoms. The zero-order valence-corrected chi connectivity index (χ0v) is 9.78. The van der Waals surface area contributed by atoms with Gasteiger partial charge >= 0.3 is 0 Å². The Morgan fingerprint density at radius 1 is 1.50 bits per heavy atom. The van der Waals surface area contributed by atoms with E-state index >= 15 is 0 Å². The number of allylic oxidation sites excluding steroid dienone is 2. The van der Waals surface area contributed by atoms with Crippen LogP contribution in [0.4, 0.5) is 0 Å². The van der Waals surface area contributed by atoms with E-state index in [1.807, 2.05) is 0 Å². The summed E-state index contributed by atoms with van der Waals surface area (Å²) < 4.78 is 0. The molecule has 1 unspecified atom stereocenters. The van der Waals surface area contributed by atoms with Gasteiger partial charge in [-0.3, -0.25) is 0 Å². The molecule has 0 amide bonds. The normalized spacial score (nSPS) is 16.4. The van der Waals surface area contributed by atoms with Crippen LogP contribution in [0.5, 0.6) is 0 Å². The predicted molar refractivity (Wildman–Crippen MR) is 51.2 cm³/mol. The van der Waals surface area contributed by atoms with Gasteiger partial charge in [-0.1, -0.05) is 12.1 Å². The van der Waals surface area contributed by atoms with Gasteiger partial charge in [0, 0.05) is 22.0 Å². The molecule has 0 aromatic heterocycles. The van der Waals surface area contributed by atoms with Gasteiger partial charge in [0.25, 0.3) is 0 Å². The van der Waals surface area contributed by atoms with Crippen molar-refractivity contribution in [2.75, 3.05) is 0 Å². The van der Waals surface area contributed by atoms with Crippen molar-refractivity contribution >= 4 is 10.2 Å². The zero-order chi connectivity index (χ0) is 8.15. The smallest absolute Gasteiger partial charge is 0.0351 e. The van der Waals surface area contributed by atoms with Gasteiger partial charge < -0.3 is 5.32 Å². The quantitative estimate of drug-likeness (QED) is 0.603. The average Bonchev–Trinajstić information content (AvgIpc) is 1.87. The molecule has 0 aromatic rings. The van der Waals surface area contributed by atoms with Crippen molar-refractivity contribution in [1.29, 1.82) is 0 Å². The van der Waals surface area contributed by atoms with Crippen LogP contribution in [0.15, 0.2) is 10.9 Å². The van der Waals surface area contributed by atoms with Gasteiger partial charge in [-0.15, -0.1) is 0 Å². The van der Waals surface area contributed by atoms with E-state index in [4.69, 9.17) is 0 Å². The summed E-state index contributed by atoms with van der Waals surface area (Å²) in [5, 5.41) is 4.96. The van der Waals surface area contributed by atoms with Crippen LogP contribution in [0.25, 0.3) is 0 Å². The Labute approximate surface area is 67.3 Å². The Balaban J connectivity index is 3.79. The summed E-state index contributed by atoms with van der Waals surface area (Å²) in [7, 11) is 1.18. The summed E-state index contributed by atoms with van der Waals surface area (Å²) in [4.78, 5) is 0. The van der Waals surface area contributed by atoms with Crippen LogP contribution in [0.2, 0.25) is 0 Å². The van der Waals surface area contributed by atoms with E-state index in [0.29, 0.717) is 6.04 Å². The van der Waals surface area contributed by atoms with Crippen molar-refractivity contribution in [3.8, 4) is 0 Å². The summed E-state index contributed by atoms with van der Waals surface area (Å²) in [5.41, 5.74) is 1.38. The summed E-state index contributed by atoms with van der Waals surface area (Å²) in [6, 6.07) is 0.629. The van der Waals surface area contributed by atoms with Crippen molar-refractivity contribution in [3.63, 3.8) is 0 Å². The zero-order valence-electron chi connectivity index (χ0n) is 7.78. The van der Waals surface area contributed by atoms with Crippen LogP contribution in [0.3, 0.4) is 0 Å². The second kappa shape index (κ2) is 4.55. The molecule has 0 saturated carbocycles. The lowest BCUT2D eigenvalue weighted by atomic mass is 10.2. The highest BCUT2D eigenvalue weighted by molar-refractivity contribution is 6.21. The summed E-state index contributed by atoms with van der Waals surface area (Å²) in [6.07, 6.45) is 1.20. The third-order valence-electron chi connectivity index (χ3n) is 1.83. The molecule has 0 radical (unpaired) electrons. The number of hydrogen-bond donors (Lipinski definition) is 1. The molecule has 60 valence electrons. The molecule has 0 aliphatic heterocycles. The predicted octanol–water partition coefficient (Wildman–Crippen LogP) is 0.991. The van der Waals surface area contributed by atoms with Crippen LogP contribution < -0.4 is 5.32 Å². The first-order valence-corrected chi connectivity index (χ1v) is 4.98. The Hall–Kier alpha value is -0.243. The molecule has 2 heteroatoms. The Morgan fingerprint density at radius 2 is 2.00 bits per heavy atom. The van der Waals surface area contributed by atoms with Crippen molar-refractivity contribution < 1.29 is 0 Å². The van der Waals surface area contributed by atoms with E-state index in [-0.39, 0.29) is 0 Å². The molecule has 0 rings (SSSR count). The third-order valence-corrected chi connectivity index (χ3v) is 2.58. The maximum absolute atomic E-state index is 3.44. The minimum atomic E-state index is 0.629. The fourth-order valence-corrected chi connectivity index (χ4v) is 0.760. The van der Waals surface area contributed by atoms with E-state index in [9.17, 15) is 0 Å². The van der Waals surface area contributed by atoms with Gasteiger partial charge in [-0.2, -0.15) is 0 Å². The van der Waals surface area contributed by atoms with Gasteiger partial charge in [0.15, 0.2) is 0 Å². The van der Waals surface area contributed by atoms with E-state index in [1.54, 1.807) is 0 Å². The van der Waals surface area contributed by atoms with Gasteiger partial charge in [0.2, 0.25) is 0 Å². The topological polar surface area (TPSA) is 12.0 Å². The van der Waals surface area contributed by atoms with E-state index in [0.717, 1.165) is 0 Å². The highest BCUT2D eigenvalue weighted by Crippen LogP contribution is 1.97. The molecule has 0 saturated heterocycles. The Bertz CT molecular complexity index is 125. The van der Waals surface area contributed by atoms with E-state index < -0.39 is 0 Å². The van der Waals surface area contributed by atoms with Crippen molar-refractivity contribution in [1.82, 2.24) is 5.32 Å². The Morgan fingerprint density at radius 3 is 2.30 bits per heavy atom. The maximum atomic E-state index is 3.44. The summed E-state index contributed by atoms with van der Waals surface area (Å²) in [5.74, 6) is 0. The number of hydrogen-bond acceptors (Lipinski definition) is 1. The molecule has 0 aliphatic rings. The highest BCUT2D eigenvalue weighted by atomic mass is 28.1. The van der Waals surface area contributed by atoms with Gasteiger partial charge in [-0.25, -0.2) is 0 Å². The first kappa shape index (κ1) is 9.76. The van der Waals surface area contributed by atoms with E-state index in [2.05, 4.69) is 33.0 Å². The van der Waals surface area contributed by atoms with Crippen LogP contribution in [-0.2, 0) is 0 Å². The first-order chi connectivity index (χ1) is 4.57. The second-order valence-corrected chi connectivity index (χ2v) is 4.58. The van der Waals surface area contributed by atoms with Gasteiger partial charge in [0.05, 0.1) is 0 Å². The molecule has 1 nitrogen and oxygen atoms in total. The molecule has 0 fully saturated rings. The molecular weight excluding hydrogens is 138 g/mol. The standard InChI is InChI=1S/C8H19NSi/c1-5-6(2)9-7(3)8(4)10/h6,9H,5H2,1-4,10H3. The summed E-state index contributed by atoms with van der Waals surface area (Å²) in [6.45, 7) is 8.77. The lowest BCUT2D eigenvalue weighted by Crippen LogP contribution is -2.23. The Kier molecular flexibility index (Phi) is 4.44. The molecule has 0 aromatic carbocycles. The van der Waals surface area contributed by atoms with Crippen LogP contribution in [0, 0.1) is 0 Å². The van der Waals surface area contributed by atoms with Crippen molar-refractivity contribution in [2.24, 2.45) is 0 Å². The SMILES string of the molecule is CCC(C)NC(C)=C(C)[SiH3]. The van der Waals surface area contributed by atoms with Crippen LogP contribution >= 0.6 is 0 Å². The monoisotopic (exact) mass is 157 g/mol. The molecule has 0 bridgehead atoms. The van der Waals surface area contributed by atoms with Crippen molar-refractivity contribution in [3.05, 3.63) is 10.9 Å². The number of nitrogens with one attached hydrogen (secondary N) is 1. The second-order valence-electron chi connectivity index (χ2n) is 3.08. The molecule has 0 aliphatic carbocycles. The largest absolute Gasteiger partial charge is 0.387 e. The van der Waals surface area contributed by atoms with Gasteiger partial charge in [-0.05, 0) is 27.2 Å². The van der Waals surface area contributed by atoms with Crippen LogP contribution in [0.1, 0.15) is 34.1 Å². The minimum Gasteiger partial charge on any atom is -0.387 e. The third kappa shape index (κ3) is 3.72. The highest BCUT2D eigenvalue weighted by Gasteiger charge is 1.96. The fraction of sp³-hybridized carbons (Fsp3) is 0.750. The van der Waals surface area contributed by atoms with Crippen molar-refractivity contribution in [2.45, 2.75) is 40.2 Å². The first-order valence-electron chi connectivity index (χ1n) is 3.98. The maximum Gasteiger partial charge on any atom is 0.0351 e. The van der Waals surface area contributed by atoms with E-state index in [1.165, 1.54) is 27.6 Å². The lowest BCUT2D eigenvalue weighted by Gasteiger charge is -2.14. The molecule has 0 spiro atoms. The molecular formula is C8H19NSi. The van der Waals surface area contributed by atoms with Crippen LogP contribution in [-0.4, -0.2) is 16.3 Å².